The van der Waals surface area contributed by atoms with E-state index in [9.17, 15) is 18.4 Å². The lowest BCUT2D eigenvalue weighted by atomic mass is 10.0. The van der Waals surface area contributed by atoms with Crippen LogP contribution in [0, 0.1) is 11.6 Å². The average Bonchev–Trinajstić information content (AvgIpc) is 3.48. The minimum atomic E-state index is -0.988. The molecule has 3 aromatic rings. The number of aromatic nitrogens is 2. The third-order valence-corrected chi connectivity index (χ3v) is 6.29. The molecule has 0 unspecified atom stereocenters. The number of H-pyrrole nitrogens is 1. The number of hydrogen-bond donors (Lipinski definition) is 3. The minimum Gasteiger partial charge on any atom is -0.350 e. The Hall–Kier alpha value is -3.33. The number of rotatable bonds is 8. The van der Waals surface area contributed by atoms with Gasteiger partial charge in [0.1, 0.15) is 6.04 Å². The molecule has 0 aliphatic carbocycles. The second-order valence-electron chi connectivity index (χ2n) is 9.01. The molecular formula is C25H29F2N5O2. The number of aromatic amines is 1. The zero-order chi connectivity index (χ0) is 24.2. The lowest BCUT2D eigenvalue weighted by molar-refractivity contribution is -0.131. The summed E-state index contributed by atoms with van der Waals surface area (Å²) in [6.45, 7) is 5.15. The van der Waals surface area contributed by atoms with Crippen molar-refractivity contribution in [2.75, 3.05) is 6.54 Å². The van der Waals surface area contributed by atoms with E-state index in [0.717, 1.165) is 41.6 Å². The van der Waals surface area contributed by atoms with Crippen LogP contribution in [-0.2, 0) is 22.6 Å². The van der Waals surface area contributed by atoms with E-state index >= 15 is 0 Å². The van der Waals surface area contributed by atoms with Crippen LogP contribution in [0.1, 0.15) is 37.8 Å². The van der Waals surface area contributed by atoms with E-state index in [4.69, 9.17) is 0 Å². The monoisotopic (exact) mass is 469 g/mol. The summed E-state index contributed by atoms with van der Waals surface area (Å²) in [5.41, 5.74) is 2.19. The Bertz CT molecular complexity index is 1180. The number of likely N-dealkylation sites (tertiary alicyclic amines) is 1. The van der Waals surface area contributed by atoms with E-state index in [1.54, 1.807) is 6.20 Å². The van der Waals surface area contributed by atoms with Crippen molar-refractivity contribution < 1.29 is 18.4 Å². The quantitative estimate of drug-likeness (QED) is 0.473. The standard InChI is InChI=1S/C25H29F2N5O2/c1-15(2)32-9-3-4-23(32)25(34)30-22(12-16-5-7-19(26)20(27)11-16)24(33)28-13-17-6-8-21-18(10-17)14-29-31-21/h5-8,10-11,14-15,22-23H,3-4,9,12-13H2,1-2H3,(H,28,33)(H,29,31)(H,30,34)/t22-,23+/m0/s1. The first-order valence-corrected chi connectivity index (χ1v) is 11.5. The van der Waals surface area contributed by atoms with Crippen LogP contribution in [0.15, 0.2) is 42.6 Å². The summed E-state index contributed by atoms with van der Waals surface area (Å²) < 4.78 is 27.2. The summed E-state index contributed by atoms with van der Waals surface area (Å²) in [7, 11) is 0. The maximum Gasteiger partial charge on any atom is 0.243 e. The maximum atomic E-state index is 13.8. The molecule has 3 N–H and O–H groups in total. The van der Waals surface area contributed by atoms with Gasteiger partial charge in [0.2, 0.25) is 11.8 Å². The molecule has 4 rings (SSSR count). The lowest BCUT2D eigenvalue weighted by Gasteiger charge is -2.29. The number of halogens is 2. The number of nitrogens with one attached hydrogen (secondary N) is 3. The van der Waals surface area contributed by atoms with Gasteiger partial charge >= 0.3 is 0 Å². The highest BCUT2D eigenvalue weighted by Gasteiger charge is 2.34. The maximum absolute atomic E-state index is 13.8. The van der Waals surface area contributed by atoms with Gasteiger partial charge in [-0.3, -0.25) is 19.6 Å². The summed E-state index contributed by atoms with van der Waals surface area (Å²) >= 11 is 0. The first kappa shape index (κ1) is 23.8. The number of nitrogens with zero attached hydrogens (tertiary/aromatic N) is 2. The molecule has 7 nitrogen and oxygen atoms in total. The van der Waals surface area contributed by atoms with Crippen LogP contribution in [-0.4, -0.2) is 51.6 Å². The second kappa shape index (κ2) is 10.3. The molecule has 1 aliphatic rings. The fourth-order valence-electron chi connectivity index (χ4n) is 4.48. The number of fused-ring (bicyclic) bond motifs is 1. The van der Waals surface area contributed by atoms with Gasteiger partial charge < -0.3 is 10.6 Å². The fraction of sp³-hybridized carbons (Fsp3) is 0.400. The van der Waals surface area contributed by atoms with E-state index in [2.05, 4.69) is 25.7 Å². The molecule has 0 spiro atoms. The van der Waals surface area contributed by atoms with Crippen molar-refractivity contribution in [3.63, 3.8) is 0 Å². The molecule has 180 valence electrons. The normalized spacial score (nSPS) is 17.3. The SMILES string of the molecule is CC(C)N1CCC[C@@H]1C(=O)N[C@@H](Cc1ccc(F)c(F)c1)C(=O)NCc1ccc2[nH]ncc2c1. The van der Waals surface area contributed by atoms with Crippen LogP contribution in [0.2, 0.25) is 0 Å². The fourth-order valence-corrected chi connectivity index (χ4v) is 4.48. The number of carbonyl (C=O) groups excluding carboxylic acids is 2. The van der Waals surface area contributed by atoms with Gasteiger partial charge in [0.25, 0.3) is 0 Å². The van der Waals surface area contributed by atoms with Crippen LogP contribution < -0.4 is 10.6 Å². The molecule has 2 amide bonds. The molecule has 1 fully saturated rings. The Morgan fingerprint density at radius 1 is 1.15 bits per heavy atom. The van der Waals surface area contributed by atoms with Crippen molar-refractivity contribution in [3.8, 4) is 0 Å². The van der Waals surface area contributed by atoms with Gasteiger partial charge in [0.05, 0.1) is 17.8 Å². The lowest BCUT2D eigenvalue weighted by Crippen LogP contribution is -2.53. The van der Waals surface area contributed by atoms with Gasteiger partial charge in [-0.25, -0.2) is 8.78 Å². The highest BCUT2D eigenvalue weighted by Crippen LogP contribution is 2.21. The third kappa shape index (κ3) is 5.41. The van der Waals surface area contributed by atoms with Crippen LogP contribution >= 0.6 is 0 Å². The summed E-state index contributed by atoms with van der Waals surface area (Å²) in [5.74, 6) is -2.56. The topological polar surface area (TPSA) is 90.1 Å². The molecule has 2 atom stereocenters. The van der Waals surface area contributed by atoms with Crippen molar-refractivity contribution >= 4 is 22.7 Å². The molecule has 1 aromatic heterocycles. The van der Waals surface area contributed by atoms with Crippen molar-refractivity contribution in [1.29, 1.82) is 0 Å². The molecular weight excluding hydrogens is 440 g/mol. The van der Waals surface area contributed by atoms with E-state index in [-0.39, 0.29) is 36.9 Å². The van der Waals surface area contributed by atoms with E-state index in [1.165, 1.54) is 6.07 Å². The number of benzene rings is 2. The molecule has 1 aliphatic heterocycles. The van der Waals surface area contributed by atoms with Gasteiger partial charge in [-0.05, 0) is 68.6 Å². The predicted molar refractivity (Wildman–Crippen MR) is 125 cm³/mol. The van der Waals surface area contributed by atoms with Gasteiger partial charge in [-0.15, -0.1) is 0 Å². The largest absolute Gasteiger partial charge is 0.350 e. The molecule has 2 aromatic carbocycles. The Morgan fingerprint density at radius 2 is 1.94 bits per heavy atom. The second-order valence-corrected chi connectivity index (χ2v) is 9.01. The summed E-state index contributed by atoms with van der Waals surface area (Å²) in [5, 5.41) is 13.5. The Kier molecular flexibility index (Phi) is 7.21. The molecule has 1 saturated heterocycles. The summed E-state index contributed by atoms with van der Waals surface area (Å²) in [6.07, 6.45) is 3.37. The predicted octanol–water partition coefficient (Wildman–Crippen LogP) is 3.06. The van der Waals surface area contributed by atoms with Gasteiger partial charge in [0, 0.05) is 24.4 Å². The first-order chi connectivity index (χ1) is 16.3. The smallest absolute Gasteiger partial charge is 0.243 e. The van der Waals surface area contributed by atoms with E-state index in [1.807, 2.05) is 32.0 Å². The van der Waals surface area contributed by atoms with Gasteiger partial charge in [-0.2, -0.15) is 5.10 Å². The van der Waals surface area contributed by atoms with Crippen LogP contribution in [0.25, 0.3) is 10.9 Å². The molecule has 9 heteroatoms. The van der Waals surface area contributed by atoms with Crippen LogP contribution in [0.4, 0.5) is 8.78 Å². The zero-order valence-corrected chi connectivity index (χ0v) is 19.3. The zero-order valence-electron chi connectivity index (χ0n) is 19.3. The van der Waals surface area contributed by atoms with Gasteiger partial charge in [0.15, 0.2) is 11.6 Å². The summed E-state index contributed by atoms with van der Waals surface area (Å²) in [6, 6.07) is 8.15. The van der Waals surface area contributed by atoms with Gasteiger partial charge in [-0.1, -0.05) is 12.1 Å². The Balaban J connectivity index is 1.48. The molecule has 0 saturated carbocycles. The highest BCUT2D eigenvalue weighted by atomic mass is 19.2. The third-order valence-electron chi connectivity index (χ3n) is 6.29. The van der Waals surface area contributed by atoms with Crippen molar-refractivity contribution in [1.82, 2.24) is 25.7 Å². The Morgan fingerprint density at radius 3 is 2.71 bits per heavy atom. The molecule has 2 heterocycles. The molecule has 34 heavy (non-hydrogen) atoms. The molecule has 0 radical (unpaired) electrons. The van der Waals surface area contributed by atoms with Crippen molar-refractivity contribution in [3.05, 3.63) is 65.4 Å². The number of amides is 2. The van der Waals surface area contributed by atoms with Crippen LogP contribution in [0.3, 0.4) is 0 Å². The minimum absolute atomic E-state index is 0.0456. The van der Waals surface area contributed by atoms with Crippen molar-refractivity contribution in [2.24, 2.45) is 0 Å². The number of hydrogen-bond acceptors (Lipinski definition) is 4. The highest BCUT2D eigenvalue weighted by molar-refractivity contribution is 5.90. The average molecular weight is 470 g/mol. The summed E-state index contributed by atoms with van der Waals surface area (Å²) in [4.78, 5) is 28.3. The first-order valence-electron chi connectivity index (χ1n) is 11.5. The van der Waals surface area contributed by atoms with Crippen LogP contribution in [0.5, 0.6) is 0 Å². The van der Waals surface area contributed by atoms with E-state index in [0.29, 0.717) is 12.0 Å². The Labute approximate surface area is 196 Å². The molecule has 0 bridgehead atoms. The van der Waals surface area contributed by atoms with Crippen molar-refractivity contribution in [2.45, 2.75) is 57.8 Å². The number of carbonyl (C=O) groups is 2. The van der Waals surface area contributed by atoms with E-state index < -0.39 is 17.7 Å².